The molecule has 8 nitrogen and oxygen atoms in total. The first kappa shape index (κ1) is 33.4. The third-order valence-electron chi connectivity index (χ3n) is 6.06. The number of hydrogen-bond donors (Lipinski definition) is 1. The zero-order valence-electron chi connectivity index (χ0n) is 21.7. The van der Waals surface area contributed by atoms with Gasteiger partial charge in [-0.1, -0.05) is 18.6 Å². The molecule has 1 amide bonds. The van der Waals surface area contributed by atoms with E-state index in [9.17, 15) is 45.4 Å². The number of rotatable bonds is 15. The second-order valence-corrected chi connectivity index (χ2v) is 9.05. The first-order valence-electron chi connectivity index (χ1n) is 12.7. The van der Waals surface area contributed by atoms with Crippen molar-refractivity contribution in [3.8, 4) is 5.75 Å². The minimum absolute atomic E-state index is 0.0995. The van der Waals surface area contributed by atoms with Crippen molar-refractivity contribution in [1.82, 2.24) is 4.90 Å². The van der Waals surface area contributed by atoms with Crippen molar-refractivity contribution in [2.75, 3.05) is 32.9 Å². The minimum Gasteiger partial charge on any atom is -0.492 e. The van der Waals surface area contributed by atoms with E-state index < -0.39 is 55.6 Å². The molecule has 0 aromatic heterocycles. The molecule has 1 aromatic rings. The van der Waals surface area contributed by atoms with Gasteiger partial charge in [0.05, 0.1) is 13.2 Å². The van der Waals surface area contributed by atoms with E-state index in [2.05, 4.69) is 4.74 Å². The number of halogens is 7. The standard InChI is InChI=1S/C25H32F7NO7/c1-2-37-20(21(34)35)16-17-8-10-18(11-9-17)38-14-12-33(22(36)40-19-6-4-3-5-7-19)13-15-39-25(31,32)23(26,27)24(28,29)30/h8-11,19-20H,2-7,12-16H2,1H3,(H,34,35). The van der Waals surface area contributed by atoms with E-state index in [-0.39, 0.29) is 26.2 Å². The minimum atomic E-state index is -6.54. The van der Waals surface area contributed by atoms with Gasteiger partial charge in [0.1, 0.15) is 18.5 Å². The van der Waals surface area contributed by atoms with Gasteiger partial charge >= 0.3 is 30.3 Å². The maximum atomic E-state index is 13.5. The van der Waals surface area contributed by atoms with Gasteiger partial charge in [-0.2, -0.15) is 30.7 Å². The zero-order valence-corrected chi connectivity index (χ0v) is 21.7. The topological polar surface area (TPSA) is 94.5 Å². The zero-order chi connectivity index (χ0) is 30.0. The Labute approximate surface area is 226 Å². The van der Waals surface area contributed by atoms with E-state index in [0.717, 1.165) is 24.2 Å². The van der Waals surface area contributed by atoms with Crippen LogP contribution in [0.2, 0.25) is 0 Å². The van der Waals surface area contributed by atoms with Crippen LogP contribution in [0.1, 0.15) is 44.6 Å². The molecule has 1 aromatic carbocycles. The van der Waals surface area contributed by atoms with Crippen LogP contribution in [-0.4, -0.2) is 85.4 Å². The Kier molecular flexibility index (Phi) is 12.3. The van der Waals surface area contributed by atoms with Gasteiger partial charge in [-0.25, -0.2) is 9.59 Å². The average Bonchev–Trinajstić information content (AvgIpc) is 2.88. The Bertz CT molecular complexity index is 938. The molecule has 0 heterocycles. The van der Waals surface area contributed by atoms with E-state index in [1.54, 1.807) is 19.1 Å². The number of alkyl halides is 7. The van der Waals surface area contributed by atoms with Crippen LogP contribution in [-0.2, 0) is 25.4 Å². The Hall–Kier alpha value is -2.81. The number of hydrogen-bond acceptors (Lipinski definition) is 6. The van der Waals surface area contributed by atoms with E-state index in [1.165, 1.54) is 12.1 Å². The molecule has 1 unspecified atom stereocenters. The van der Waals surface area contributed by atoms with Gasteiger partial charge in [0.15, 0.2) is 6.10 Å². The van der Waals surface area contributed by atoms with Crippen LogP contribution in [0.25, 0.3) is 0 Å². The first-order chi connectivity index (χ1) is 18.7. The predicted octanol–water partition coefficient (Wildman–Crippen LogP) is 5.68. The van der Waals surface area contributed by atoms with Crippen molar-refractivity contribution in [2.45, 2.75) is 75.9 Å². The Morgan fingerprint density at radius 2 is 1.57 bits per heavy atom. The highest BCUT2D eigenvalue weighted by molar-refractivity contribution is 5.72. The highest BCUT2D eigenvalue weighted by Crippen LogP contribution is 2.46. The molecule has 228 valence electrons. The first-order valence-corrected chi connectivity index (χ1v) is 12.7. The number of ether oxygens (including phenoxy) is 4. The summed E-state index contributed by atoms with van der Waals surface area (Å²) < 4.78 is 110. The summed E-state index contributed by atoms with van der Waals surface area (Å²) in [7, 11) is 0. The van der Waals surface area contributed by atoms with Crippen molar-refractivity contribution < 1.29 is 64.4 Å². The molecule has 0 saturated heterocycles. The SMILES string of the molecule is CCOC(Cc1ccc(OCCN(CCOC(F)(F)C(F)(F)C(F)(F)F)C(=O)OC2CCCCC2)cc1)C(=O)O. The number of carbonyl (C=O) groups excluding carboxylic acids is 1. The van der Waals surface area contributed by atoms with Gasteiger partial charge in [0.25, 0.3) is 0 Å². The van der Waals surface area contributed by atoms with E-state index >= 15 is 0 Å². The van der Waals surface area contributed by atoms with Crippen LogP contribution in [0.5, 0.6) is 5.75 Å². The smallest absolute Gasteiger partial charge is 0.462 e. The highest BCUT2D eigenvalue weighted by atomic mass is 19.4. The molecule has 15 heteroatoms. The molecular weight excluding hydrogens is 559 g/mol. The Morgan fingerprint density at radius 1 is 0.975 bits per heavy atom. The van der Waals surface area contributed by atoms with Crippen molar-refractivity contribution in [3.63, 3.8) is 0 Å². The molecule has 1 fully saturated rings. The van der Waals surface area contributed by atoms with Crippen LogP contribution >= 0.6 is 0 Å². The fourth-order valence-corrected chi connectivity index (χ4v) is 3.86. The molecule has 1 N–H and O–H groups in total. The molecule has 0 bridgehead atoms. The van der Waals surface area contributed by atoms with Crippen LogP contribution in [0.3, 0.4) is 0 Å². The second-order valence-electron chi connectivity index (χ2n) is 9.05. The lowest BCUT2D eigenvalue weighted by atomic mass is 9.98. The Morgan fingerprint density at radius 3 is 2.12 bits per heavy atom. The van der Waals surface area contributed by atoms with Gasteiger partial charge in [0.2, 0.25) is 0 Å². The maximum Gasteiger partial charge on any atom is 0.462 e. The highest BCUT2D eigenvalue weighted by Gasteiger charge is 2.74. The molecule has 2 rings (SSSR count). The lowest BCUT2D eigenvalue weighted by Crippen LogP contribution is -2.54. The van der Waals surface area contributed by atoms with E-state index in [0.29, 0.717) is 24.2 Å². The molecule has 0 radical (unpaired) electrons. The van der Waals surface area contributed by atoms with Gasteiger partial charge < -0.3 is 29.0 Å². The third kappa shape index (κ3) is 9.68. The van der Waals surface area contributed by atoms with Crippen LogP contribution in [0, 0.1) is 0 Å². The number of carbonyl (C=O) groups is 2. The van der Waals surface area contributed by atoms with Crippen molar-refractivity contribution >= 4 is 12.1 Å². The van der Waals surface area contributed by atoms with E-state index in [1.807, 2.05) is 0 Å². The number of aliphatic carboxylic acids is 1. The number of benzene rings is 1. The summed E-state index contributed by atoms with van der Waals surface area (Å²) in [4.78, 5) is 24.7. The lowest BCUT2D eigenvalue weighted by Gasteiger charge is -2.30. The predicted molar refractivity (Wildman–Crippen MR) is 126 cm³/mol. The van der Waals surface area contributed by atoms with Crippen molar-refractivity contribution in [2.24, 2.45) is 0 Å². The molecule has 1 atom stereocenters. The summed E-state index contributed by atoms with van der Waals surface area (Å²) >= 11 is 0. The number of carboxylic acid groups (broad SMARTS) is 1. The molecule has 40 heavy (non-hydrogen) atoms. The van der Waals surface area contributed by atoms with Gasteiger partial charge in [-0.15, -0.1) is 0 Å². The summed E-state index contributed by atoms with van der Waals surface area (Å²) in [6, 6.07) is 6.23. The summed E-state index contributed by atoms with van der Waals surface area (Å²) in [5.74, 6) is -7.25. The van der Waals surface area contributed by atoms with Crippen LogP contribution in [0.4, 0.5) is 35.5 Å². The summed E-state index contributed by atoms with van der Waals surface area (Å²) in [5, 5.41) is 9.19. The van der Waals surface area contributed by atoms with Crippen molar-refractivity contribution in [1.29, 1.82) is 0 Å². The van der Waals surface area contributed by atoms with Crippen LogP contribution in [0.15, 0.2) is 24.3 Å². The largest absolute Gasteiger partial charge is 0.492 e. The molecule has 1 saturated carbocycles. The fraction of sp³-hybridized carbons (Fsp3) is 0.680. The van der Waals surface area contributed by atoms with Crippen molar-refractivity contribution in [3.05, 3.63) is 29.8 Å². The third-order valence-corrected chi connectivity index (χ3v) is 6.06. The lowest BCUT2D eigenvalue weighted by molar-refractivity contribution is -0.423. The normalized spacial score (nSPS) is 15.9. The quantitative estimate of drug-likeness (QED) is 0.263. The monoisotopic (exact) mass is 591 g/mol. The summed E-state index contributed by atoms with van der Waals surface area (Å²) in [6.45, 7) is -0.737. The van der Waals surface area contributed by atoms with E-state index in [4.69, 9.17) is 14.2 Å². The molecule has 1 aliphatic carbocycles. The Balaban J connectivity index is 1.98. The molecular formula is C25H32F7NO7. The summed E-state index contributed by atoms with van der Waals surface area (Å²) in [6.07, 6.45) is -11.1. The average molecular weight is 592 g/mol. The van der Waals surface area contributed by atoms with Gasteiger partial charge in [-0.3, -0.25) is 0 Å². The fourth-order valence-electron chi connectivity index (χ4n) is 3.86. The number of amides is 1. The molecule has 0 spiro atoms. The number of nitrogens with zero attached hydrogens (tertiary/aromatic N) is 1. The molecule has 0 aliphatic heterocycles. The molecule has 1 aliphatic rings. The van der Waals surface area contributed by atoms with Gasteiger partial charge in [0, 0.05) is 19.6 Å². The summed E-state index contributed by atoms with van der Waals surface area (Å²) in [5.41, 5.74) is 0.639. The van der Waals surface area contributed by atoms with Crippen LogP contribution < -0.4 is 4.74 Å². The maximum absolute atomic E-state index is 13.5. The second kappa shape index (κ2) is 14.7. The number of carboxylic acids is 1. The van der Waals surface area contributed by atoms with Gasteiger partial charge in [-0.05, 0) is 50.3 Å².